The van der Waals surface area contributed by atoms with Gasteiger partial charge in [-0.1, -0.05) is 129 Å². The maximum absolute atomic E-state index is 11.4. The molecule has 0 rings (SSSR count). The van der Waals surface area contributed by atoms with Gasteiger partial charge < -0.3 is 9.66 Å². The Hall–Kier alpha value is 0.870. The maximum Gasteiger partial charge on any atom is 1.00 e. The van der Waals surface area contributed by atoms with Crippen molar-refractivity contribution < 1.29 is 47.6 Å². The minimum absolute atomic E-state index is 0. The van der Waals surface area contributed by atoms with Gasteiger partial charge in [-0.05, 0) is 12.8 Å². The maximum atomic E-state index is 11.4. The standard InChI is InChI=1S/C24H50O4S.Na/c1-3-5-7-8-9-10-11-12-13-14-15-16-17-18-20-21-23(25)24(29(26,27)28)22-19-6-4-2;/h23-25H,3-22H2,1-2H3,(H,26,27,28);/q;+1/p-1. The van der Waals surface area contributed by atoms with Gasteiger partial charge in [0, 0.05) is 0 Å². The zero-order chi connectivity index (χ0) is 21.8. The van der Waals surface area contributed by atoms with Gasteiger partial charge in [-0.3, -0.25) is 0 Å². The van der Waals surface area contributed by atoms with Gasteiger partial charge in [-0.15, -0.1) is 0 Å². The fourth-order valence-corrected chi connectivity index (χ4v) is 5.01. The van der Waals surface area contributed by atoms with E-state index in [1.807, 2.05) is 6.92 Å². The average molecular weight is 457 g/mol. The van der Waals surface area contributed by atoms with Crippen LogP contribution in [-0.4, -0.2) is 29.4 Å². The Balaban J connectivity index is 0. The van der Waals surface area contributed by atoms with Crippen LogP contribution < -0.4 is 29.6 Å². The Morgan fingerprint density at radius 3 is 1.27 bits per heavy atom. The van der Waals surface area contributed by atoms with E-state index in [9.17, 15) is 18.1 Å². The molecule has 0 aliphatic carbocycles. The second kappa shape index (κ2) is 23.0. The molecule has 2 unspecified atom stereocenters. The predicted molar refractivity (Wildman–Crippen MR) is 123 cm³/mol. The van der Waals surface area contributed by atoms with Crippen LogP contribution >= 0.6 is 0 Å². The normalized spacial score (nSPS) is 13.7. The van der Waals surface area contributed by atoms with E-state index in [2.05, 4.69) is 6.92 Å². The van der Waals surface area contributed by atoms with Gasteiger partial charge in [0.25, 0.3) is 0 Å². The average Bonchev–Trinajstić information content (AvgIpc) is 2.67. The minimum atomic E-state index is -4.42. The number of hydrogen-bond donors (Lipinski definition) is 1. The van der Waals surface area contributed by atoms with Crippen LogP contribution in [0.1, 0.15) is 142 Å². The van der Waals surface area contributed by atoms with E-state index in [-0.39, 0.29) is 29.6 Å². The Morgan fingerprint density at radius 1 is 0.600 bits per heavy atom. The van der Waals surface area contributed by atoms with Crippen molar-refractivity contribution in [1.29, 1.82) is 0 Å². The number of hydrogen-bond acceptors (Lipinski definition) is 4. The summed E-state index contributed by atoms with van der Waals surface area (Å²) in [5.41, 5.74) is 0. The van der Waals surface area contributed by atoms with Crippen LogP contribution in [0.15, 0.2) is 0 Å². The predicted octanol–water partition coefficient (Wildman–Crippen LogP) is 4.11. The molecule has 0 saturated carbocycles. The Bertz CT molecular complexity index is 442. The summed E-state index contributed by atoms with van der Waals surface area (Å²) in [4.78, 5) is 0. The molecule has 0 radical (unpaired) electrons. The summed E-state index contributed by atoms with van der Waals surface area (Å²) in [6.45, 7) is 4.29. The molecule has 0 saturated heterocycles. The number of rotatable bonds is 22. The van der Waals surface area contributed by atoms with Gasteiger partial charge >= 0.3 is 29.6 Å². The SMILES string of the molecule is CCCCCCCCCCCCCCCCCC(O)C(CCCCC)S(=O)(=O)[O-].[Na+]. The van der Waals surface area contributed by atoms with E-state index < -0.39 is 21.5 Å². The third-order valence-electron chi connectivity index (χ3n) is 6.00. The largest absolute Gasteiger partial charge is 1.00 e. The van der Waals surface area contributed by atoms with E-state index in [0.29, 0.717) is 19.3 Å². The van der Waals surface area contributed by atoms with Crippen molar-refractivity contribution in [2.24, 2.45) is 0 Å². The molecule has 2 atom stereocenters. The zero-order valence-electron chi connectivity index (χ0n) is 20.4. The van der Waals surface area contributed by atoms with E-state index in [1.165, 1.54) is 77.0 Å². The van der Waals surface area contributed by atoms with Crippen molar-refractivity contribution in [1.82, 2.24) is 0 Å². The fraction of sp³-hybridized carbons (Fsp3) is 1.00. The van der Waals surface area contributed by atoms with Gasteiger partial charge in [0.1, 0.15) is 10.1 Å². The first kappa shape index (κ1) is 33.0. The molecule has 0 amide bonds. The summed E-state index contributed by atoms with van der Waals surface area (Å²) < 4.78 is 34.2. The summed E-state index contributed by atoms with van der Waals surface area (Å²) in [5.74, 6) is 0. The van der Waals surface area contributed by atoms with Crippen LogP contribution in [0.2, 0.25) is 0 Å². The van der Waals surface area contributed by atoms with Gasteiger partial charge in [0.15, 0.2) is 0 Å². The van der Waals surface area contributed by atoms with E-state index >= 15 is 0 Å². The molecule has 0 aromatic heterocycles. The summed E-state index contributed by atoms with van der Waals surface area (Å²) >= 11 is 0. The third-order valence-corrected chi connectivity index (χ3v) is 7.29. The number of aliphatic hydroxyl groups is 1. The van der Waals surface area contributed by atoms with Crippen LogP contribution in [0.3, 0.4) is 0 Å². The molecule has 0 fully saturated rings. The molecule has 30 heavy (non-hydrogen) atoms. The summed E-state index contributed by atoms with van der Waals surface area (Å²) in [6, 6.07) is 0. The molecule has 0 heterocycles. The molecule has 0 aliphatic heterocycles. The quantitative estimate of drug-likeness (QED) is 0.151. The Kier molecular flexibility index (Phi) is 25.4. The molecular weight excluding hydrogens is 407 g/mol. The molecule has 1 N–H and O–H groups in total. The zero-order valence-corrected chi connectivity index (χ0v) is 23.2. The topological polar surface area (TPSA) is 77.4 Å². The number of unbranched alkanes of at least 4 members (excludes halogenated alkanes) is 16. The fourth-order valence-electron chi connectivity index (χ4n) is 4.04. The molecular formula is C24H49NaO4S. The van der Waals surface area contributed by atoms with Crippen LogP contribution in [0, 0.1) is 0 Å². The first-order valence-corrected chi connectivity index (χ1v) is 14.0. The van der Waals surface area contributed by atoms with Crippen molar-refractivity contribution in [3.63, 3.8) is 0 Å². The molecule has 4 nitrogen and oxygen atoms in total. The Morgan fingerprint density at radius 2 is 0.900 bits per heavy atom. The number of aliphatic hydroxyl groups excluding tert-OH is 1. The molecule has 0 spiro atoms. The van der Waals surface area contributed by atoms with Crippen molar-refractivity contribution in [3.05, 3.63) is 0 Å². The van der Waals surface area contributed by atoms with E-state index in [4.69, 9.17) is 0 Å². The van der Waals surface area contributed by atoms with Crippen molar-refractivity contribution in [2.45, 2.75) is 154 Å². The molecule has 0 aliphatic rings. The van der Waals surface area contributed by atoms with E-state index in [1.54, 1.807) is 0 Å². The smallest absolute Gasteiger partial charge is 0.748 e. The van der Waals surface area contributed by atoms with Gasteiger partial charge in [0.05, 0.1) is 11.4 Å². The van der Waals surface area contributed by atoms with E-state index in [0.717, 1.165) is 32.1 Å². The van der Waals surface area contributed by atoms with Gasteiger partial charge in [0.2, 0.25) is 0 Å². The second-order valence-corrected chi connectivity index (χ2v) is 10.4. The van der Waals surface area contributed by atoms with Crippen LogP contribution in [-0.2, 0) is 10.1 Å². The first-order valence-electron chi connectivity index (χ1n) is 12.6. The second-order valence-electron chi connectivity index (χ2n) is 8.83. The molecule has 0 aromatic carbocycles. The molecule has 6 heteroatoms. The Labute approximate surface area is 210 Å². The summed E-state index contributed by atoms with van der Waals surface area (Å²) in [5, 5.41) is 9.04. The van der Waals surface area contributed by atoms with Crippen LogP contribution in [0.4, 0.5) is 0 Å². The molecule has 176 valence electrons. The van der Waals surface area contributed by atoms with Crippen LogP contribution in [0.5, 0.6) is 0 Å². The van der Waals surface area contributed by atoms with Crippen molar-refractivity contribution >= 4 is 10.1 Å². The monoisotopic (exact) mass is 456 g/mol. The van der Waals surface area contributed by atoms with Crippen molar-refractivity contribution in [2.75, 3.05) is 0 Å². The molecule has 0 aromatic rings. The van der Waals surface area contributed by atoms with Gasteiger partial charge in [-0.2, -0.15) is 0 Å². The minimum Gasteiger partial charge on any atom is -0.748 e. The first-order chi connectivity index (χ1) is 13.9. The summed E-state index contributed by atoms with van der Waals surface area (Å²) in [7, 11) is -4.42. The summed E-state index contributed by atoms with van der Waals surface area (Å²) in [6.07, 6.45) is 21.4. The third kappa shape index (κ3) is 20.8. The molecule has 0 bridgehead atoms. The van der Waals surface area contributed by atoms with Crippen molar-refractivity contribution in [3.8, 4) is 0 Å². The van der Waals surface area contributed by atoms with Gasteiger partial charge in [-0.25, -0.2) is 8.42 Å². The van der Waals surface area contributed by atoms with Crippen LogP contribution in [0.25, 0.3) is 0 Å².